The normalized spacial score (nSPS) is 10.4. The van der Waals surface area contributed by atoms with E-state index >= 15 is 0 Å². The highest BCUT2D eigenvalue weighted by atomic mass is 16.5. The molecule has 0 unspecified atom stereocenters. The first-order valence-corrected chi connectivity index (χ1v) is 9.17. The maximum Gasteiger partial charge on any atom is 0.291 e. The maximum absolute atomic E-state index is 12.6. The first-order valence-electron chi connectivity index (χ1n) is 9.17. The zero-order chi connectivity index (χ0) is 19.8. The molecule has 6 heteroatoms. The first-order chi connectivity index (χ1) is 13.7. The molecule has 0 aliphatic heterocycles. The standard InChI is InChI=1S/C22H23NO5/c1-3-25-17-10-12-20(26-4-2)19(14-17)23-22(24)21-13-11-18(28-21)15-27-16-8-6-5-7-9-16/h5-14H,3-4,15H2,1-2H3,(H,23,24). The predicted molar refractivity (Wildman–Crippen MR) is 106 cm³/mol. The van der Waals surface area contributed by atoms with Gasteiger partial charge in [-0.1, -0.05) is 18.2 Å². The van der Waals surface area contributed by atoms with E-state index in [2.05, 4.69) is 5.32 Å². The molecule has 0 fully saturated rings. The summed E-state index contributed by atoms with van der Waals surface area (Å²) < 4.78 is 22.3. The second-order valence-corrected chi connectivity index (χ2v) is 5.85. The fraction of sp³-hybridized carbons (Fsp3) is 0.227. The Morgan fingerprint density at radius 1 is 0.893 bits per heavy atom. The second-order valence-electron chi connectivity index (χ2n) is 5.85. The summed E-state index contributed by atoms with van der Waals surface area (Å²) in [7, 11) is 0. The molecule has 6 nitrogen and oxygen atoms in total. The highest BCUT2D eigenvalue weighted by Crippen LogP contribution is 2.30. The molecule has 1 N–H and O–H groups in total. The van der Waals surface area contributed by atoms with Crippen molar-refractivity contribution >= 4 is 11.6 Å². The van der Waals surface area contributed by atoms with Gasteiger partial charge < -0.3 is 23.9 Å². The van der Waals surface area contributed by atoms with E-state index in [-0.39, 0.29) is 18.3 Å². The van der Waals surface area contributed by atoms with Crippen molar-refractivity contribution in [1.29, 1.82) is 0 Å². The molecule has 0 spiro atoms. The fourth-order valence-electron chi connectivity index (χ4n) is 2.58. The van der Waals surface area contributed by atoms with Crippen LogP contribution in [-0.4, -0.2) is 19.1 Å². The number of nitrogens with one attached hydrogen (secondary N) is 1. The molecule has 1 amide bonds. The maximum atomic E-state index is 12.6. The van der Waals surface area contributed by atoms with Crippen molar-refractivity contribution in [3.63, 3.8) is 0 Å². The van der Waals surface area contributed by atoms with Crippen molar-refractivity contribution in [3.05, 3.63) is 72.2 Å². The number of benzene rings is 2. The Morgan fingerprint density at radius 2 is 1.68 bits per heavy atom. The van der Waals surface area contributed by atoms with Crippen molar-refractivity contribution in [2.45, 2.75) is 20.5 Å². The third-order valence-corrected chi connectivity index (χ3v) is 3.82. The lowest BCUT2D eigenvalue weighted by Crippen LogP contribution is -2.12. The average molecular weight is 381 g/mol. The number of para-hydroxylation sites is 1. The van der Waals surface area contributed by atoms with Crippen LogP contribution in [0.25, 0.3) is 0 Å². The number of rotatable bonds is 9. The zero-order valence-corrected chi connectivity index (χ0v) is 15.9. The van der Waals surface area contributed by atoms with Gasteiger partial charge in [-0.15, -0.1) is 0 Å². The second kappa shape index (κ2) is 9.50. The third-order valence-electron chi connectivity index (χ3n) is 3.82. The van der Waals surface area contributed by atoms with Gasteiger partial charge in [-0.05, 0) is 50.2 Å². The molecule has 0 radical (unpaired) electrons. The van der Waals surface area contributed by atoms with Gasteiger partial charge in [0, 0.05) is 6.07 Å². The molecule has 0 atom stereocenters. The Morgan fingerprint density at radius 3 is 2.43 bits per heavy atom. The van der Waals surface area contributed by atoms with E-state index in [0.29, 0.717) is 36.2 Å². The molecule has 28 heavy (non-hydrogen) atoms. The third kappa shape index (κ3) is 5.07. The number of carbonyl (C=O) groups is 1. The Balaban J connectivity index is 1.67. The minimum atomic E-state index is -0.374. The molecule has 0 aliphatic carbocycles. The van der Waals surface area contributed by atoms with E-state index in [9.17, 15) is 4.79 Å². The van der Waals surface area contributed by atoms with Gasteiger partial charge >= 0.3 is 0 Å². The van der Waals surface area contributed by atoms with Crippen LogP contribution in [-0.2, 0) is 6.61 Å². The van der Waals surface area contributed by atoms with E-state index in [1.54, 1.807) is 30.3 Å². The molecule has 2 aromatic carbocycles. The van der Waals surface area contributed by atoms with E-state index in [1.807, 2.05) is 44.2 Å². The number of hydrogen-bond acceptors (Lipinski definition) is 5. The van der Waals surface area contributed by atoms with Crippen LogP contribution in [0.15, 0.2) is 65.1 Å². The largest absolute Gasteiger partial charge is 0.494 e. The molecule has 0 bridgehead atoms. The number of amides is 1. The summed E-state index contributed by atoms with van der Waals surface area (Å²) >= 11 is 0. The zero-order valence-electron chi connectivity index (χ0n) is 15.9. The molecule has 0 saturated carbocycles. The Kier molecular flexibility index (Phi) is 6.57. The molecule has 1 heterocycles. The molecule has 146 valence electrons. The lowest BCUT2D eigenvalue weighted by Gasteiger charge is -2.13. The molecule has 3 aromatic rings. The topological polar surface area (TPSA) is 69.9 Å². The van der Waals surface area contributed by atoms with Crippen LogP contribution < -0.4 is 19.5 Å². The van der Waals surface area contributed by atoms with Gasteiger partial charge in [-0.2, -0.15) is 0 Å². The van der Waals surface area contributed by atoms with Crippen molar-refractivity contribution in [2.75, 3.05) is 18.5 Å². The lowest BCUT2D eigenvalue weighted by molar-refractivity contribution is 0.0992. The van der Waals surface area contributed by atoms with Gasteiger partial charge in [0.15, 0.2) is 5.76 Å². The SMILES string of the molecule is CCOc1ccc(OCC)c(NC(=O)c2ccc(COc3ccccc3)o2)c1. The van der Waals surface area contributed by atoms with E-state index < -0.39 is 0 Å². The number of anilines is 1. The number of hydrogen-bond donors (Lipinski definition) is 1. The summed E-state index contributed by atoms with van der Waals surface area (Å²) in [6.07, 6.45) is 0. The first kappa shape index (κ1) is 19.4. The Labute approximate surface area is 164 Å². The van der Waals surface area contributed by atoms with Crippen LogP contribution in [0.1, 0.15) is 30.2 Å². The average Bonchev–Trinajstić information content (AvgIpc) is 3.19. The molecule has 3 rings (SSSR count). The smallest absolute Gasteiger partial charge is 0.291 e. The van der Waals surface area contributed by atoms with E-state index in [0.717, 1.165) is 5.75 Å². The quantitative estimate of drug-likeness (QED) is 0.570. The van der Waals surface area contributed by atoms with Gasteiger partial charge in [0.2, 0.25) is 0 Å². The van der Waals surface area contributed by atoms with Crippen molar-refractivity contribution in [1.82, 2.24) is 0 Å². The van der Waals surface area contributed by atoms with Gasteiger partial charge in [0.25, 0.3) is 5.91 Å². The van der Waals surface area contributed by atoms with Gasteiger partial charge in [-0.25, -0.2) is 0 Å². The van der Waals surface area contributed by atoms with Gasteiger partial charge in [-0.3, -0.25) is 4.79 Å². The molecular formula is C22H23NO5. The monoisotopic (exact) mass is 381 g/mol. The summed E-state index contributed by atoms with van der Waals surface area (Å²) in [6.45, 7) is 5.04. The number of furan rings is 1. The van der Waals surface area contributed by atoms with Crippen LogP contribution in [0, 0.1) is 0 Å². The van der Waals surface area contributed by atoms with Crippen LogP contribution in [0.3, 0.4) is 0 Å². The van der Waals surface area contributed by atoms with Crippen molar-refractivity contribution in [3.8, 4) is 17.2 Å². The summed E-state index contributed by atoms with van der Waals surface area (Å²) in [4.78, 5) is 12.6. The van der Waals surface area contributed by atoms with Crippen LogP contribution >= 0.6 is 0 Å². The van der Waals surface area contributed by atoms with E-state index in [1.165, 1.54) is 0 Å². The number of ether oxygens (including phenoxy) is 3. The fourth-order valence-corrected chi connectivity index (χ4v) is 2.58. The molecular weight excluding hydrogens is 358 g/mol. The van der Waals surface area contributed by atoms with Gasteiger partial charge in [0.1, 0.15) is 29.6 Å². The molecule has 0 saturated heterocycles. The summed E-state index contributed by atoms with van der Waals surface area (Å²) in [5.41, 5.74) is 0.524. The van der Waals surface area contributed by atoms with Crippen LogP contribution in [0.4, 0.5) is 5.69 Å². The number of carbonyl (C=O) groups excluding carboxylic acids is 1. The van der Waals surface area contributed by atoms with Crippen LogP contribution in [0.2, 0.25) is 0 Å². The Hall–Kier alpha value is -3.41. The van der Waals surface area contributed by atoms with E-state index in [4.69, 9.17) is 18.6 Å². The highest BCUT2D eigenvalue weighted by molar-refractivity contribution is 6.03. The van der Waals surface area contributed by atoms with Crippen molar-refractivity contribution < 1.29 is 23.4 Å². The van der Waals surface area contributed by atoms with Crippen LogP contribution in [0.5, 0.6) is 17.2 Å². The highest BCUT2D eigenvalue weighted by Gasteiger charge is 2.15. The summed E-state index contributed by atoms with van der Waals surface area (Å²) in [5, 5.41) is 2.82. The minimum absolute atomic E-state index is 0.191. The van der Waals surface area contributed by atoms with Gasteiger partial charge in [0.05, 0.1) is 18.9 Å². The lowest BCUT2D eigenvalue weighted by atomic mass is 10.2. The summed E-state index contributed by atoms with van der Waals surface area (Å²) in [5.74, 6) is 2.33. The predicted octanol–water partition coefficient (Wildman–Crippen LogP) is 4.91. The van der Waals surface area contributed by atoms with Crippen molar-refractivity contribution in [2.24, 2.45) is 0 Å². The summed E-state index contributed by atoms with van der Waals surface area (Å²) in [6, 6.07) is 18.1. The minimum Gasteiger partial charge on any atom is -0.494 e. The molecule has 1 aromatic heterocycles. The molecule has 0 aliphatic rings. The Bertz CT molecular complexity index is 904.